The Bertz CT molecular complexity index is 803. The summed E-state index contributed by atoms with van der Waals surface area (Å²) in [6.45, 7) is 7.40. The third-order valence-corrected chi connectivity index (χ3v) is 4.39. The Labute approximate surface area is 152 Å². The van der Waals surface area contributed by atoms with Crippen LogP contribution in [0.3, 0.4) is 0 Å². The van der Waals surface area contributed by atoms with E-state index in [2.05, 4.69) is 4.99 Å². The second-order valence-corrected chi connectivity index (χ2v) is 6.46. The second kappa shape index (κ2) is 7.23. The van der Waals surface area contributed by atoms with Crippen LogP contribution in [0.2, 0.25) is 0 Å². The van der Waals surface area contributed by atoms with E-state index in [1.165, 1.54) is 20.8 Å². The standard InChI is InChI=1S/C20H23NO5/c1-11(22)17-14(4)26-20(5,21-19(12(2)23)13(3)24)18(17)15-7-9-16(25-6)10-8-15/h7-10,18H,1-6H3. The summed E-state index contributed by atoms with van der Waals surface area (Å²) in [5.41, 5.74) is -0.186. The summed E-state index contributed by atoms with van der Waals surface area (Å²) in [6, 6.07) is 7.20. The van der Waals surface area contributed by atoms with Crippen molar-refractivity contribution in [3.63, 3.8) is 0 Å². The first-order valence-corrected chi connectivity index (χ1v) is 8.27. The van der Waals surface area contributed by atoms with Gasteiger partial charge in [0, 0.05) is 19.4 Å². The fraction of sp³-hybridized carbons (Fsp3) is 0.400. The monoisotopic (exact) mass is 357 g/mol. The zero-order chi connectivity index (χ0) is 19.6. The molecule has 1 aliphatic rings. The van der Waals surface area contributed by atoms with Crippen molar-refractivity contribution >= 4 is 23.1 Å². The van der Waals surface area contributed by atoms with Crippen LogP contribution in [0.5, 0.6) is 5.75 Å². The van der Waals surface area contributed by atoms with Gasteiger partial charge in [0.15, 0.2) is 17.3 Å². The minimum Gasteiger partial charge on any atom is -0.497 e. The molecular formula is C20H23NO5. The van der Waals surface area contributed by atoms with Crippen LogP contribution < -0.4 is 4.74 Å². The molecule has 0 bridgehead atoms. The lowest BCUT2D eigenvalue weighted by atomic mass is 9.82. The number of allylic oxidation sites excluding steroid dienone is 1. The van der Waals surface area contributed by atoms with Gasteiger partial charge in [-0.2, -0.15) is 0 Å². The highest BCUT2D eigenvalue weighted by Crippen LogP contribution is 2.47. The third-order valence-electron chi connectivity index (χ3n) is 4.39. The van der Waals surface area contributed by atoms with Gasteiger partial charge in [0.25, 0.3) is 0 Å². The molecule has 0 radical (unpaired) electrons. The van der Waals surface area contributed by atoms with Crippen LogP contribution in [0.4, 0.5) is 0 Å². The molecule has 0 spiro atoms. The number of rotatable bonds is 6. The van der Waals surface area contributed by atoms with Crippen molar-refractivity contribution in [3.8, 4) is 5.75 Å². The molecule has 0 saturated carbocycles. The smallest absolute Gasteiger partial charge is 0.208 e. The topological polar surface area (TPSA) is 82.0 Å². The lowest BCUT2D eigenvalue weighted by molar-refractivity contribution is -0.115. The highest BCUT2D eigenvalue weighted by Gasteiger charge is 2.48. The van der Waals surface area contributed by atoms with Gasteiger partial charge in [0.05, 0.1) is 13.0 Å². The minimum absolute atomic E-state index is 0.144. The molecule has 1 heterocycles. The van der Waals surface area contributed by atoms with Crippen molar-refractivity contribution in [2.24, 2.45) is 4.99 Å². The molecule has 0 aromatic heterocycles. The molecule has 138 valence electrons. The molecule has 1 aromatic carbocycles. The Morgan fingerprint density at radius 2 is 1.62 bits per heavy atom. The van der Waals surface area contributed by atoms with E-state index in [-0.39, 0.29) is 11.5 Å². The number of carbonyl (C=O) groups excluding carboxylic acids is 3. The average Bonchev–Trinajstić information content (AvgIpc) is 2.83. The van der Waals surface area contributed by atoms with Gasteiger partial charge in [-0.3, -0.25) is 14.4 Å². The molecule has 2 unspecified atom stereocenters. The lowest BCUT2D eigenvalue weighted by Crippen LogP contribution is -2.35. The molecular weight excluding hydrogens is 334 g/mol. The van der Waals surface area contributed by atoms with Gasteiger partial charge in [0.1, 0.15) is 17.2 Å². The van der Waals surface area contributed by atoms with Gasteiger partial charge in [-0.15, -0.1) is 0 Å². The van der Waals surface area contributed by atoms with Crippen LogP contribution in [0.15, 0.2) is 40.6 Å². The van der Waals surface area contributed by atoms with E-state index < -0.39 is 23.2 Å². The Hall–Kier alpha value is -2.76. The molecule has 1 aromatic rings. The van der Waals surface area contributed by atoms with E-state index in [0.717, 1.165) is 5.56 Å². The molecule has 2 atom stereocenters. The largest absolute Gasteiger partial charge is 0.497 e. The number of hydrogen-bond acceptors (Lipinski definition) is 6. The maximum Gasteiger partial charge on any atom is 0.208 e. The summed E-state index contributed by atoms with van der Waals surface area (Å²) in [5, 5.41) is 0. The van der Waals surface area contributed by atoms with Crippen molar-refractivity contribution in [3.05, 3.63) is 41.2 Å². The van der Waals surface area contributed by atoms with Crippen molar-refractivity contribution in [1.29, 1.82) is 0 Å². The van der Waals surface area contributed by atoms with E-state index in [9.17, 15) is 14.4 Å². The molecule has 6 nitrogen and oxygen atoms in total. The predicted octanol–water partition coefficient (Wildman–Crippen LogP) is 3.01. The first-order valence-electron chi connectivity index (χ1n) is 8.27. The van der Waals surface area contributed by atoms with Gasteiger partial charge in [0.2, 0.25) is 5.72 Å². The van der Waals surface area contributed by atoms with Crippen LogP contribution in [0, 0.1) is 0 Å². The third kappa shape index (κ3) is 3.59. The number of carbonyl (C=O) groups is 3. The summed E-state index contributed by atoms with van der Waals surface area (Å²) >= 11 is 0. The van der Waals surface area contributed by atoms with Crippen LogP contribution in [0.25, 0.3) is 0 Å². The van der Waals surface area contributed by atoms with Gasteiger partial charge in [-0.25, -0.2) is 4.99 Å². The van der Waals surface area contributed by atoms with E-state index in [0.29, 0.717) is 17.1 Å². The molecule has 1 aliphatic heterocycles. The number of nitrogens with zero attached hydrogens (tertiary/aromatic N) is 1. The van der Waals surface area contributed by atoms with Crippen LogP contribution in [0.1, 0.15) is 46.1 Å². The average molecular weight is 357 g/mol. The maximum atomic E-state index is 12.3. The van der Waals surface area contributed by atoms with E-state index in [1.807, 2.05) is 12.1 Å². The summed E-state index contributed by atoms with van der Waals surface area (Å²) in [6.07, 6.45) is 0. The number of benzene rings is 1. The highest BCUT2D eigenvalue weighted by atomic mass is 16.5. The summed E-state index contributed by atoms with van der Waals surface area (Å²) in [4.78, 5) is 40.3. The van der Waals surface area contributed by atoms with Crippen molar-refractivity contribution < 1.29 is 23.9 Å². The second-order valence-electron chi connectivity index (χ2n) is 6.46. The predicted molar refractivity (Wildman–Crippen MR) is 97.4 cm³/mol. The number of aliphatic imine (C=N–C) groups is 1. The van der Waals surface area contributed by atoms with Crippen molar-refractivity contribution in [2.75, 3.05) is 7.11 Å². The number of ketones is 3. The zero-order valence-corrected chi connectivity index (χ0v) is 15.9. The lowest BCUT2D eigenvalue weighted by Gasteiger charge is -2.29. The summed E-state index contributed by atoms with van der Waals surface area (Å²) in [5.74, 6) is -0.448. The number of ether oxygens (including phenoxy) is 2. The zero-order valence-electron chi connectivity index (χ0n) is 15.9. The highest BCUT2D eigenvalue weighted by molar-refractivity contribution is 6.65. The molecule has 2 rings (SSSR count). The van der Waals surface area contributed by atoms with Crippen LogP contribution >= 0.6 is 0 Å². The number of hydrogen-bond donors (Lipinski definition) is 0. The fourth-order valence-corrected chi connectivity index (χ4v) is 3.33. The molecule has 26 heavy (non-hydrogen) atoms. The van der Waals surface area contributed by atoms with Crippen LogP contribution in [-0.2, 0) is 19.1 Å². The van der Waals surface area contributed by atoms with Gasteiger partial charge < -0.3 is 9.47 Å². The SMILES string of the molecule is COc1ccc(C2C(C(C)=O)=C(C)OC2(C)N=C(C(C)=O)C(C)=O)cc1. The van der Waals surface area contributed by atoms with E-state index in [4.69, 9.17) is 9.47 Å². The van der Waals surface area contributed by atoms with Gasteiger partial charge in [-0.05, 0) is 38.5 Å². The molecule has 0 fully saturated rings. The number of methoxy groups -OCH3 is 1. The molecule has 0 amide bonds. The summed E-state index contributed by atoms with van der Waals surface area (Å²) < 4.78 is 11.1. The quantitative estimate of drug-likeness (QED) is 0.577. The minimum atomic E-state index is -1.27. The van der Waals surface area contributed by atoms with Crippen molar-refractivity contribution in [2.45, 2.75) is 46.3 Å². The molecule has 6 heteroatoms. The van der Waals surface area contributed by atoms with Crippen molar-refractivity contribution in [1.82, 2.24) is 0 Å². The molecule has 0 aliphatic carbocycles. The Balaban J connectivity index is 2.64. The van der Waals surface area contributed by atoms with Gasteiger partial charge in [-0.1, -0.05) is 12.1 Å². The molecule has 0 N–H and O–H groups in total. The Kier molecular flexibility index (Phi) is 5.44. The Morgan fingerprint density at radius 3 is 2.04 bits per heavy atom. The normalized spacial score (nSPS) is 21.8. The fourth-order valence-electron chi connectivity index (χ4n) is 3.33. The van der Waals surface area contributed by atoms with E-state index in [1.54, 1.807) is 33.1 Å². The maximum absolute atomic E-state index is 12.3. The first kappa shape index (κ1) is 19.6. The van der Waals surface area contributed by atoms with Crippen LogP contribution in [-0.4, -0.2) is 35.9 Å². The van der Waals surface area contributed by atoms with E-state index >= 15 is 0 Å². The summed E-state index contributed by atoms with van der Waals surface area (Å²) in [7, 11) is 1.57. The number of Topliss-reactive ketones (excluding diaryl/α,β-unsaturated/α-hetero) is 3. The van der Waals surface area contributed by atoms with Gasteiger partial charge >= 0.3 is 0 Å². The first-order chi connectivity index (χ1) is 12.1. The Morgan fingerprint density at radius 1 is 1.08 bits per heavy atom. The molecule has 0 saturated heterocycles.